The van der Waals surface area contributed by atoms with E-state index in [4.69, 9.17) is 4.74 Å². The van der Waals surface area contributed by atoms with Gasteiger partial charge < -0.3 is 15.0 Å². The summed E-state index contributed by atoms with van der Waals surface area (Å²) in [6.07, 6.45) is 0. The molecule has 0 aliphatic rings. The fourth-order valence-electron chi connectivity index (χ4n) is 2.67. The zero-order valence-electron chi connectivity index (χ0n) is 15.9. The molecule has 27 heavy (non-hydrogen) atoms. The first kappa shape index (κ1) is 20.4. The Morgan fingerprint density at radius 1 is 1.19 bits per heavy atom. The van der Waals surface area contributed by atoms with E-state index >= 15 is 0 Å². The Bertz CT molecular complexity index is 777. The van der Waals surface area contributed by atoms with Crippen LogP contribution in [0.4, 0.5) is 4.39 Å². The van der Waals surface area contributed by atoms with E-state index in [2.05, 4.69) is 5.32 Å². The molecular weight excluding hydrogens is 347 g/mol. The number of ether oxygens (including phenoxy) is 1. The quantitative estimate of drug-likeness (QED) is 0.775. The molecule has 2 aromatic carbocycles. The van der Waals surface area contributed by atoms with Crippen molar-refractivity contribution in [3.05, 3.63) is 65.5 Å². The van der Waals surface area contributed by atoms with Crippen molar-refractivity contribution in [3.63, 3.8) is 0 Å². The molecule has 2 amide bonds. The van der Waals surface area contributed by atoms with Gasteiger partial charge in [-0.15, -0.1) is 0 Å². The number of halogens is 1. The molecule has 144 valence electrons. The minimum Gasteiger partial charge on any atom is -0.484 e. The van der Waals surface area contributed by atoms with E-state index in [0.717, 1.165) is 11.1 Å². The Labute approximate surface area is 159 Å². The van der Waals surface area contributed by atoms with E-state index in [9.17, 15) is 14.0 Å². The van der Waals surface area contributed by atoms with Crippen LogP contribution < -0.4 is 10.1 Å². The molecule has 6 heteroatoms. The molecule has 2 aromatic rings. The van der Waals surface area contributed by atoms with Crippen molar-refractivity contribution in [1.29, 1.82) is 0 Å². The summed E-state index contributed by atoms with van der Waals surface area (Å²) in [5.41, 5.74) is 2.01. The number of aryl methyl sites for hydroxylation is 1. The Morgan fingerprint density at radius 2 is 1.89 bits per heavy atom. The number of rotatable bonds is 8. The summed E-state index contributed by atoms with van der Waals surface area (Å²) < 4.78 is 18.4. The second-order valence-corrected chi connectivity index (χ2v) is 6.32. The van der Waals surface area contributed by atoms with E-state index in [-0.39, 0.29) is 24.2 Å². The summed E-state index contributed by atoms with van der Waals surface area (Å²) in [7, 11) is 0. The van der Waals surface area contributed by atoms with E-state index in [1.165, 1.54) is 29.2 Å². The zero-order valence-corrected chi connectivity index (χ0v) is 15.9. The van der Waals surface area contributed by atoms with Gasteiger partial charge in [0.1, 0.15) is 17.6 Å². The summed E-state index contributed by atoms with van der Waals surface area (Å²) in [6.45, 7) is 6.04. The maximum Gasteiger partial charge on any atom is 0.261 e. The lowest BCUT2D eigenvalue weighted by atomic mass is 10.1. The van der Waals surface area contributed by atoms with E-state index in [1.54, 1.807) is 6.92 Å². The highest BCUT2D eigenvalue weighted by Crippen LogP contribution is 2.14. The number of carbonyl (C=O) groups is 2. The Balaban J connectivity index is 2.12. The van der Waals surface area contributed by atoms with Crippen LogP contribution in [-0.2, 0) is 16.1 Å². The number of likely N-dealkylation sites (N-methyl/N-ethyl adjacent to an activating group) is 1. The lowest BCUT2D eigenvalue weighted by Crippen LogP contribution is -2.49. The second-order valence-electron chi connectivity index (χ2n) is 6.32. The number of carbonyl (C=O) groups excluding carboxylic acids is 2. The van der Waals surface area contributed by atoms with Gasteiger partial charge >= 0.3 is 0 Å². The van der Waals surface area contributed by atoms with Crippen molar-refractivity contribution < 1.29 is 18.7 Å². The molecule has 2 rings (SSSR count). The summed E-state index contributed by atoms with van der Waals surface area (Å²) in [4.78, 5) is 26.5. The van der Waals surface area contributed by atoms with Gasteiger partial charge in [-0.1, -0.05) is 29.8 Å². The molecule has 0 aliphatic heterocycles. The van der Waals surface area contributed by atoms with Crippen molar-refractivity contribution in [3.8, 4) is 5.75 Å². The fraction of sp³-hybridized carbons (Fsp3) is 0.333. The highest BCUT2D eigenvalue weighted by Gasteiger charge is 2.26. The molecule has 0 saturated heterocycles. The van der Waals surface area contributed by atoms with Crippen LogP contribution in [-0.4, -0.2) is 35.9 Å². The standard InChI is InChI=1S/C21H25FN2O3/c1-4-23-21(26)16(3)24(13-17-7-5-6-15(2)12-17)20(25)14-27-19-10-8-18(22)9-11-19/h5-12,16H,4,13-14H2,1-3H3,(H,23,26)/t16-/m0/s1. The maximum atomic E-state index is 13.0. The molecule has 0 radical (unpaired) electrons. The molecule has 0 unspecified atom stereocenters. The SMILES string of the molecule is CCNC(=O)[C@H](C)N(Cc1cccc(C)c1)C(=O)COc1ccc(F)cc1. The summed E-state index contributed by atoms with van der Waals surface area (Å²) in [5.74, 6) is -0.523. The van der Waals surface area contributed by atoms with Gasteiger partial charge in [0, 0.05) is 13.1 Å². The zero-order chi connectivity index (χ0) is 19.8. The number of nitrogens with one attached hydrogen (secondary N) is 1. The van der Waals surface area contributed by atoms with Crippen LogP contribution in [0, 0.1) is 12.7 Å². The molecule has 1 N–H and O–H groups in total. The normalized spacial score (nSPS) is 11.6. The second kappa shape index (κ2) is 9.71. The van der Waals surface area contributed by atoms with E-state index in [1.807, 2.05) is 38.1 Å². The van der Waals surface area contributed by atoms with Gasteiger partial charge in [0.2, 0.25) is 5.91 Å². The lowest BCUT2D eigenvalue weighted by molar-refractivity contribution is -0.142. The van der Waals surface area contributed by atoms with Crippen LogP contribution in [0.15, 0.2) is 48.5 Å². The summed E-state index contributed by atoms with van der Waals surface area (Å²) >= 11 is 0. The van der Waals surface area contributed by atoms with E-state index < -0.39 is 6.04 Å². The van der Waals surface area contributed by atoms with Gasteiger partial charge in [-0.2, -0.15) is 0 Å². The average Bonchev–Trinajstić information content (AvgIpc) is 2.65. The molecule has 0 fully saturated rings. The molecule has 0 spiro atoms. The number of amides is 2. The summed E-state index contributed by atoms with van der Waals surface area (Å²) in [5, 5.41) is 2.74. The minimum atomic E-state index is -0.644. The van der Waals surface area contributed by atoms with Crippen molar-refractivity contribution >= 4 is 11.8 Å². The third kappa shape index (κ3) is 6.09. The highest BCUT2D eigenvalue weighted by molar-refractivity contribution is 5.87. The monoisotopic (exact) mass is 372 g/mol. The number of hydrogen-bond acceptors (Lipinski definition) is 3. The van der Waals surface area contributed by atoms with Gasteiger partial charge in [0.25, 0.3) is 5.91 Å². The fourth-order valence-corrected chi connectivity index (χ4v) is 2.67. The third-order valence-electron chi connectivity index (χ3n) is 4.13. The van der Waals surface area contributed by atoms with Crippen LogP contribution >= 0.6 is 0 Å². The van der Waals surface area contributed by atoms with Gasteiger partial charge in [-0.25, -0.2) is 4.39 Å². The predicted octanol–water partition coefficient (Wildman–Crippen LogP) is 3.07. The number of nitrogens with zero attached hydrogens (tertiary/aromatic N) is 1. The minimum absolute atomic E-state index is 0.222. The molecule has 0 aliphatic carbocycles. The van der Waals surface area contributed by atoms with Gasteiger partial charge in [0.15, 0.2) is 6.61 Å². The molecule has 0 saturated carbocycles. The number of hydrogen-bond donors (Lipinski definition) is 1. The highest BCUT2D eigenvalue weighted by atomic mass is 19.1. The lowest BCUT2D eigenvalue weighted by Gasteiger charge is -2.28. The van der Waals surface area contributed by atoms with Gasteiger partial charge in [-0.3, -0.25) is 9.59 Å². The topological polar surface area (TPSA) is 58.6 Å². The average molecular weight is 372 g/mol. The van der Waals surface area contributed by atoms with Crippen LogP contribution in [0.1, 0.15) is 25.0 Å². The van der Waals surface area contributed by atoms with Crippen LogP contribution in [0.2, 0.25) is 0 Å². The molecule has 5 nitrogen and oxygen atoms in total. The van der Waals surface area contributed by atoms with Crippen LogP contribution in [0.3, 0.4) is 0 Å². The molecule has 0 aromatic heterocycles. The molecule has 1 atom stereocenters. The van der Waals surface area contributed by atoms with Crippen molar-refractivity contribution in [1.82, 2.24) is 10.2 Å². The molecule has 0 bridgehead atoms. The van der Waals surface area contributed by atoms with Crippen LogP contribution in [0.25, 0.3) is 0 Å². The summed E-state index contributed by atoms with van der Waals surface area (Å²) in [6, 6.07) is 12.6. The smallest absolute Gasteiger partial charge is 0.261 e. The number of benzene rings is 2. The van der Waals surface area contributed by atoms with E-state index in [0.29, 0.717) is 18.8 Å². The van der Waals surface area contributed by atoms with Crippen LogP contribution in [0.5, 0.6) is 5.75 Å². The van der Waals surface area contributed by atoms with Crippen molar-refractivity contribution in [2.75, 3.05) is 13.2 Å². The molecule has 0 heterocycles. The molecular formula is C21H25FN2O3. The Hall–Kier alpha value is -2.89. The first-order valence-corrected chi connectivity index (χ1v) is 8.91. The third-order valence-corrected chi connectivity index (χ3v) is 4.13. The van der Waals surface area contributed by atoms with Gasteiger partial charge in [0.05, 0.1) is 0 Å². The largest absolute Gasteiger partial charge is 0.484 e. The Kier molecular flexibility index (Phi) is 7.34. The van der Waals surface area contributed by atoms with Crippen molar-refractivity contribution in [2.45, 2.75) is 33.4 Å². The first-order chi connectivity index (χ1) is 12.9. The predicted molar refractivity (Wildman–Crippen MR) is 102 cm³/mol. The first-order valence-electron chi connectivity index (χ1n) is 8.91. The van der Waals surface area contributed by atoms with Gasteiger partial charge in [-0.05, 0) is 50.6 Å². The van der Waals surface area contributed by atoms with Crippen molar-refractivity contribution in [2.24, 2.45) is 0 Å². The Morgan fingerprint density at radius 3 is 2.52 bits per heavy atom. The maximum absolute atomic E-state index is 13.0.